The summed E-state index contributed by atoms with van der Waals surface area (Å²) in [5, 5.41) is 5.59. The lowest BCUT2D eigenvalue weighted by molar-refractivity contribution is -0.118. The van der Waals surface area contributed by atoms with Crippen LogP contribution in [-0.2, 0) is 4.79 Å². The molecule has 76 valence electrons. The minimum Gasteiger partial charge on any atom is -0.376 e. The molecule has 1 rings (SSSR count). The predicted molar refractivity (Wildman–Crippen MR) is 61.4 cm³/mol. The van der Waals surface area contributed by atoms with Crippen LogP contribution in [-0.4, -0.2) is 19.5 Å². The quantitative estimate of drug-likeness (QED) is 0.868. The number of hydrogen-bond donors (Lipinski definition) is 2. The van der Waals surface area contributed by atoms with Gasteiger partial charge in [-0.15, -0.1) is 0 Å². The number of likely N-dealkylation sites (N-methyl/N-ethyl adjacent to an activating group) is 1. The van der Waals surface area contributed by atoms with Gasteiger partial charge in [-0.25, -0.2) is 0 Å². The van der Waals surface area contributed by atoms with E-state index in [1.165, 1.54) is 0 Å². The van der Waals surface area contributed by atoms with E-state index in [2.05, 4.69) is 26.6 Å². The molecule has 0 unspecified atom stereocenters. The van der Waals surface area contributed by atoms with Crippen LogP contribution in [0.5, 0.6) is 0 Å². The second kappa shape index (κ2) is 5.00. The fraction of sp³-hybridized carbons (Fsp3) is 0.300. The fourth-order valence-electron chi connectivity index (χ4n) is 1.11. The van der Waals surface area contributed by atoms with Crippen molar-refractivity contribution in [1.29, 1.82) is 0 Å². The van der Waals surface area contributed by atoms with Crippen LogP contribution in [0.25, 0.3) is 0 Å². The summed E-state index contributed by atoms with van der Waals surface area (Å²) in [7, 11) is 1.62. The van der Waals surface area contributed by atoms with E-state index in [1.807, 2.05) is 25.1 Å². The maximum absolute atomic E-state index is 11.0. The third kappa shape index (κ3) is 3.38. The second-order valence-corrected chi connectivity index (χ2v) is 3.96. The molecule has 1 aromatic rings. The first-order valence-corrected chi connectivity index (χ1v) is 5.13. The lowest BCUT2D eigenvalue weighted by atomic mass is 10.2. The highest BCUT2D eigenvalue weighted by molar-refractivity contribution is 9.10. The Kier molecular flexibility index (Phi) is 3.95. The molecule has 1 aromatic carbocycles. The van der Waals surface area contributed by atoms with Gasteiger partial charge in [-0.3, -0.25) is 4.79 Å². The number of carbonyl (C=O) groups excluding carboxylic acids is 1. The Bertz CT molecular complexity index is 319. The number of nitrogens with one attached hydrogen (secondary N) is 2. The Morgan fingerprint density at radius 3 is 2.71 bits per heavy atom. The van der Waals surface area contributed by atoms with Crippen LogP contribution in [0.3, 0.4) is 0 Å². The van der Waals surface area contributed by atoms with E-state index in [-0.39, 0.29) is 5.91 Å². The molecule has 0 radical (unpaired) electrons. The van der Waals surface area contributed by atoms with Crippen LogP contribution in [0.1, 0.15) is 5.56 Å². The number of benzene rings is 1. The zero-order valence-corrected chi connectivity index (χ0v) is 9.81. The third-order valence-corrected chi connectivity index (χ3v) is 2.23. The fourth-order valence-corrected chi connectivity index (χ4v) is 1.72. The van der Waals surface area contributed by atoms with Crippen LogP contribution in [0.4, 0.5) is 5.69 Å². The van der Waals surface area contributed by atoms with Gasteiger partial charge < -0.3 is 10.6 Å². The molecular weight excluding hydrogens is 244 g/mol. The summed E-state index contributed by atoms with van der Waals surface area (Å²) in [6, 6.07) is 5.95. The zero-order chi connectivity index (χ0) is 10.6. The molecule has 0 spiro atoms. The van der Waals surface area contributed by atoms with Gasteiger partial charge >= 0.3 is 0 Å². The normalized spacial score (nSPS) is 9.64. The molecule has 0 saturated heterocycles. The maximum atomic E-state index is 11.0. The van der Waals surface area contributed by atoms with E-state index in [0.717, 1.165) is 15.7 Å². The van der Waals surface area contributed by atoms with Gasteiger partial charge in [-0.2, -0.15) is 0 Å². The summed E-state index contributed by atoms with van der Waals surface area (Å²) in [6.45, 7) is 2.31. The van der Waals surface area contributed by atoms with Crippen LogP contribution >= 0.6 is 15.9 Å². The highest BCUT2D eigenvalue weighted by atomic mass is 79.9. The van der Waals surface area contributed by atoms with Gasteiger partial charge in [0.15, 0.2) is 0 Å². The lowest BCUT2D eigenvalue weighted by Gasteiger charge is -2.06. The number of anilines is 1. The van der Waals surface area contributed by atoms with Gasteiger partial charge in [0.1, 0.15) is 0 Å². The van der Waals surface area contributed by atoms with Gasteiger partial charge in [-0.1, -0.05) is 15.9 Å². The van der Waals surface area contributed by atoms with E-state index in [9.17, 15) is 4.79 Å². The van der Waals surface area contributed by atoms with Gasteiger partial charge in [0.25, 0.3) is 0 Å². The summed E-state index contributed by atoms with van der Waals surface area (Å²) >= 11 is 3.40. The summed E-state index contributed by atoms with van der Waals surface area (Å²) in [5.74, 6) is -0.0253. The van der Waals surface area contributed by atoms with Crippen molar-refractivity contribution in [2.75, 3.05) is 18.9 Å². The monoisotopic (exact) mass is 256 g/mol. The molecule has 0 fully saturated rings. The maximum Gasteiger partial charge on any atom is 0.239 e. The Morgan fingerprint density at radius 1 is 1.43 bits per heavy atom. The molecule has 0 aliphatic rings. The highest BCUT2D eigenvalue weighted by Crippen LogP contribution is 2.18. The zero-order valence-electron chi connectivity index (χ0n) is 8.23. The number of hydrogen-bond acceptors (Lipinski definition) is 2. The lowest BCUT2D eigenvalue weighted by Crippen LogP contribution is -2.26. The van der Waals surface area contributed by atoms with Crippen LogP contribution in [0.15, 0.2) is 22.7 Å². The topological polar surface area (TPSA) is 41.1 Å². The van der Waals surface area contributed by atoms with E-state index in [0.29, 0.717) is 6.54 Å². The Hall–Kier alpha value is -1.03. The average Bonchev–Trinajstić information content (AvgIpc) is 2.12. The van der Waals surface area contributed by atoms with E-state index in [1.54, 1.807) is 7.05 Å². The molecular formula is C10H13BrN2O. The Labute approximate surface area is 92.0 Å². The van der Waals surface area contributed by atoms with Gasteiger partial charge in [0, 0.05) is 17.2 Å². The van der Waals surface area contributed by atoms with Crippen LogP contribution in [0, 0.1) is 6.92 Å². The molecule has 2 N–H and O–H groups in total. The number of halogens is 1. The van der Waals surface area contributed by atoms with Crippen molar-refractivity contribution in [3.05, 3.63) is 28.2 Å². The van der Waals surface area contributed by atoms with Crippen molar-refractivity contribution in [1.82, 2.24) is 5.32 Å². The highest BCUT2D eigenvalue weighted by Gasteiger charge is 1.99. The summed E-state index contributed by atoms with van der Waals surface area (Å²) in [6.07, 6.45) is 0. The summed E-state index contributed by atoms with van der Waals surface area (Å²) in [4.78, 5) is 11.0. The SMILES string of the molecule is CNC(=O)CNc1cc(C)cc(Br)c1. The largest absolute Gasteiger partial charge is 0.376 e. The standard InChI is InChI=1S/C10H13BrN2O/c1-7-3-8(11)5-9(4-7)13-6-10(14)12-2/h3-5,13H,6H2,1-2H3,(H,12,14). The van der Waals surface area contributed by atoms with Crippen molar-refractivity contribution >= 4 is 27.5 Å². The van der Waals surface area contributed by atoms with E-state index >= 15 is 0 Å². The van der Waals surface area contributed by atoms with Gasteiger partial charge in [0.2, 0.25) is 5.91 Å². The molecule has 0 atom stereocenters. The van der Waals surface area contributed by atoms with Crippen molar-refractivity contribution in [3.63, 3.8) is 0 Å². The smallest absolute Gasteiger partial charge is 0.239 e. The molecule has 0 heterocycles. The predicted octanol–water partition coefficient (Wildman–Crippen LogP) is 1.92. The molecule has 1 amide bonds. The van der Waals surface area contributed by atoms with Crippen molar-refractivity contribution in [2.45, 2.75) is 6.92 Å². The molecule has 0 aliphatic heterocycles. The first-order valence-electron chi connectivity index (χ1n) is 4.33. The van der Waals surface area contributed by atoms with E-state index in [4.69, 9.17) is 0 Å². The molecule has 14 heavy (non-hydrogen) atoms. The average molecular weight is 257 g/mol. The summed E-state index contributed by atoms with van der Waals surface area (Å²) in [5.41, 5.74) is 2.10. The van der Waals surface area contributed by atoms with Gasteiger partial charge in [0.05, 0.1) is 6.54 Å². The molecule has 0 aromatic heterocycles. The molecule has 4 heteroatoms. The number of amides is 1. The minimum atomic E-state index is -0.0253. The van der Waals surface area contributed by atoms with E-state index < -0.39 is 0 Å². The second-order valence-electron chi connectivity index (χ2n) is 3.04. The Morgan fingerprint density at radius 2 is 2.14 bits per heavy atom. The molecule has 0 aliphatic carbocycles. The number of carbonyl (C=O) groups is 1. The number of aryl methyl sites for hydroxylation is 1. The van der Waals surface area contributed by atoms with Crippen LogP contribution in [0.2, 0.25) is 0 Å². The Balaban J connectivity index is 2.63. The number of rotatable bonds is 3. The first-order chi connectivity index (χ1) is 6.61. The van der Waals surface area contributed by atoms with Crippen molar-refractivity contribution < 1.29 is 4.79 Å². The van der Waals surface area contributed by atoms with Crippen molar-refractivity contribution in [2.24, 2.45) is 0 Å². The molecule has 3 nitrogen and oxygen atoms in total. The van der Waals surface area contributed by atoms with Crippen molar-refractivity contribution in [3.8, 4) is 0 Å². The molecule has 0 bridgehead atoms. The third-order valence-electron chi connectivity index (χ3n) is 1.77. The minimum absolute atomic E-state index is 0.0253. The van der Waals surface area contributed by atoms with Crippen LogP contribution < -0.4 is 10.6 Å². The molecule has 0 saturated carbocycles. The summed E-state index contributed by atoms with van der Waals surface area (Å²) < 4.78 is 1.01. The first kappa shape index (κ1) is 11.0. The van der Waals surface area contributed by atoms with Gasteiger partial charge in [-0.05, 0) is 30.7 Å².